The standard InChI is InChI=1S/C15H15N5OS3/c1-10(21)17-14-18-12(8-22-14)9-23-15-20-19-13(24-15)16-7-11-5-3-2-4-6-11/h2-6,8H,7,9H2,1H3,(H,16,19)(H,17,18,21). The third-order valence-electron chi connectivity index (χ3n) is 2.87. The lowest BCUT2D eigenvalue weighted by molar-refractivity contribution is -0.114. The second-order valence-corrected chi connectivity index (χ2v) is 7.88. The number of hydrogen-bond acceptors (Lipinski definition) is 8. The molecule has 0 saturated heterocycles. The van der Waals surface area contributed by atoms with Crippen LogP contribution in [-0.2, 0) is 17.1 Å². The first-order chi connectivity index (χ1) is 11.7. The topological polar surface area (TPSA) is 79.8 Å². The molecule has 124 valence electrons. The molecule has 2 aromatic heterocycles. The van der Waals surface area contributed by atoms with Crippen molar-refractivity contribution >= 4 is 50.6 Å². The Labute approximate surface area is 151 Å². The summed E-state index contributed by atoms with van der Waals surface area (Å²) < 4.78 is 0.889. The van der Waals surface area contributed by atoms with Gasteiger partial charge in [-0.15, -0.1) is 21.5 Å². The molecule has 0 saturated carbocycles. The number of carbonyl (C=O) groups excluding carboxylic acids is 1. The summed E-state index contributed by atoms with van der Waals surface area (Å²) in [5.74, 6) is 0.588. The smallest absolute Gasteiger partial charge is 0.223 e. The maximum atomic E-state index is 11.0. The molecule has 0 bridgehead atoms. The molecular weight excluding hydrogens is 362 g/mol. The SMILES string of the molecule is CC(=O)Nc1nc(CSc2nnc(NCc3ccccc3)s2)cs1. The molecule has 24 heavy (non-hydrogen) atoms. The molecule has 0 fully saturated rings. The molecule has 1 amide bonds. The molecule has 2 N–H and O–H groups in total. The molecular formula is C15H15N5OS3. The normalized spacial score (nSPS) is 10.5. The van der Waals surface area contributed by atoms with E-state index in [1.54, 1.807) is 11.8 Å². The second kappa shape index (κ2) is 8.22. The molecule has 0 spiro atoms. The summed E-state index contributed by atoms with van der Waals surface area (Å²) in [7, 11) is 0. The number of anilines is 2. The summed E-state index contributed by atoms with van der Waals surface area (Å²) in [6.07, 6.45) is 0. The van der Waals surface area contributed by atoms with Crippen LogP contribution in [0.3, 0.4) is 0 Å². The van der Waals surface area contributed by atoms with E-state index in [-0.39, 0.29) is 5.91 Å². The minimum absolute atomic E-state index is 0.109. The Morgan fingerprint density at radius 2 is 2.04 bits per heavy atom. The van der Waals surface area contributed by atoms with Crippen molar-refractivity contribution in [1.29, 1.82) is 0 Å². The summed E-state index contributed by atoms with van der Waals surface area (Å²) >= 11 is 4.53. The average Bonchev–Trinajstić information content (AvgIpc) is 3.21. The fourth-order valence-electron chi connectivity index (χ4n) is 1.83. The molecule has 0 aliphatic rings. The molecule has 0 radical (unpaired) electrons. The molecule has 3 rings (SSSR count). The summed E-state index contributed by atoms with van der Waals surface area (Å²) in [6, 6.07) is 10.2. The highest BCUT2D eigenvalue weighted by atomic mass is 32.2. The maximum Gasteiger partial charge on any atom is 0.223 e. The zero-order chi connectivity index (χ0) is 16.8. The molecule has 6 nitrogen and oxygen atoms in total. The van der Waals surface area contributed by atoms with Gasteiger partial charge in [0.1, 0.15) is 0 Å². The van der Waals surface area contributed by atoms with Gasteiger partial charge in [0, 0.05) is 24.6 Å². The van der Waals surface area contributed by atoms with Crippen LogP contribution in [0.4, 0.5) is 10.3 Å². The molecule has 0 atom stereocenters. The van der Waals surface area contributed by atoms with Gasteiger partial charge in [0.25, 0.3) is 0 Å². The van der Waals surface area contributed by atoms with Gasteiger partial charge in [0.15, 0.2) is 9.47 Å². The predicted molar refractivity (Wildman–Crippen MR) is 99.7 cm³/mol. The summed E-state index contributed by atoms with van der Waals surface area (Å²) in [4.78, 5) is 15.4. The first-order valence-corrected chi connectivity index (χ1v) is 9.83. The van der Waals surface area contributed by atoms with Gasteiger partial charge in [0.05, 0.1) is 5.69 Å². The number of nitrogens with one attached hydrogen (secondary N) is 2. The average molecular weight is 378 g/mol. The predicted octanol–water partition coefficient (Wildman–Crippen LogP) is 3.86. The van der Waals surface area contributed by atoms with Gasteiger partial charge in [-0.2, -0.15) is 0 Å². The Bertz CT molecular complexity index is 802. The van der Waals surface area contributed by atoms with Gasteiger partial charge < -0.3 is 10.6 Å². The third kappa shape index (κ3) is 5.02. The van der Waals surface area contributed by atoms with E-state index >= 15 is 0 Å². The van der Waals surface area contributed by atoms with Crippen molar-refractivity contribution in [3.8, 4) is 0 Å². The Kier molecular flexibility index (Phi) is 5.78. The lowest BCUT2D eigenvalue weighted by Crippen LogP contribution is -2.05. The molecule has 0 aliphatic carbocycles. The number of thiazole rings is 1. The van der Waals surface area contributed by atoms with Crippen molar-refractivity contribution in [1.82, 2.24) is 15.2 Å². The highest BCUT2D eigenvalue weighted by Crippen LogP contribution is 2.29. The minimum Gasteiger partial charge on any atom is -0.356 e. The van der Waals surface area contributed by atoms with Crippen LogP contribution in [0.15, 0.2) is 40.1 Å². The van der Waals surface area contributed by atoms with Gasteiger partial charge in [-0.3, -0.25) is 4.79 Å². The fourth-order valence-corrected chi connectivity index (χ4v) is 4.33. The summed E-state index contributed by atoms with van der Waals surface area (Å²) in [5, 5.41) is 17.7. The van der Waals surface area contributed by atoms with E-state index in [0.717, 1.165) is 21.7 Å². The number of hydrogen-bond donors (Lipinski definition) is 2. The third-order valence-corrected chi connectivity index (χ3v) is 5.73. The van der Waals surface area contributed by atoms with Crippen molar-refractivity contribution in [2.24, 2.45) is 0 Å². The van der Waals surface area contributed by atoms with E-state index in [0.29, 0.717) is 10.9 Å². The molecule has 0 unspecified atom stereocenters. The van der Waals surface area contributed by atoms with E-state index in [2.05, 4.69) is 37.9 Å². The van der Waals surface area contributed by atoms with Crippen LogP contribution in [0.1, 0.15) is 18.2 Å². The van der Waals surface area contributed by atoms with E-state index in [4.69, 9.17) is 0 Å². The van der Waals surface area contributed by atoms with Crippen molar-refractivity contribution in [2.45, 2.75) is 23.6 Å². The number of carbonyl (C=O) groups is 1. The van der Waals surface area contributed by atoms with Crippen molar-refractivity contribution in [3.63, 3.8) is 0 Å². The van der Waals surface area contributed by atoms with Crippen molar-refractivity contribution in [3.05, 3.63) is 47.0 Å². The van der Waals surface area contributed by atoms with Crippen LogP contribution in [0.25, 0.3) is 0 Å². The lowest BCUT2D eigenvalue weighted by atomic mass is 10.2. The first kappa shape index (κ1) is 16.9. The quantitative estimate of drug-likeness (QED) is 0.609. The highest BCUT2D eigenvalue weighted by Gasteiger charge is 2.08. The Balaban J connectivity index is 1.49. The maximum absolute atomic E-state index is 11.0. The molecule has 1 aromatic carbocycles. The number of thioether (sulfide) groups is 1. The van der Waals surface area contributed by atoms with Gasteiger partial charge in [-0.25, -0.2) is 4.98 Å². The summed E-state index contributed by atoms with van der Waals surface area (Å²) in [5.41, 5.74) is 2.12. The van der Waals surface area contributed by atoms with Crippen LogP contribution in [0, 0.1) is 0 Å². The van der Waals surface area contributed by atoms with Crippen molar-refractivity contribution in [2.75, 3.05) is 10.6 Å². The Morgan fingerprint density at radius 1 is 1.21 bits per heavy atom. The molecule has 3 aromatic rings. The monoisotopic (exact) mass is 377 g/mol. The Hall–Kier alpha value is -1.97. The number of nitrogens with zero attached hydrogens (tertiary/aromatic N) is 3. The van der Waals surface area contributed by atoms with Crippen LogP contribution in [0.5, 0.6) is 0 Å². The van der Waals surface area contributed by atoms with E-state index in [9.17, 15) is 4.79 Å². The van der Waals surface area contributed by atoms with Crippen LogP contribution >= 0.6 is 34.4 Å². The summed E-state index contributed by atoms with van der Waals surface area (Å²) in [6.45, 7) is 2.20. The number of benzene rings is 1. The number of aromatic nitrogens is 3. The Morgan fingerprint density at radius 3 is 2.83 bits per heavy atom. The molecule has 9 heteroatoms. The molecule has 2 heterocycles. The van der Waals surface area contributed by atoms with Gasteiger partial charge in [-0.1, -0.05) is 53.4 Å². The largest absolute Gasteiger partial charge is 0.356 e. The van der Waals surface area contributed by atoms with E-state index < -0.39 is 0 Å². The zero-order valence-electron chi connectivity index (χ0n) is 12.9. The van der Waals surface area contributed by atoms with Crippen LogP contribution < -0.4 is 10.6 Å². The fraction of sp³-hybridized carbons (Fsp3) is 0.200. The van der Waals surface area contributed by atoms with Gasteiger partial charge >= 0.3 is 0 Å². The van der Waals surface area contributed by atoms with Gasteiger partial charge in [0.2, 0.25) is 11.0 Å². The lowest BCUT2D eigenvalue weighted by Gasteiger charge is -2.00. The highest BCUT2D eigenvalue weighted by molar-refractivity contribution is 8.00. The number of rotatable bonds is 7. The van der Waals surface area contributed by atoms with Gasteiger partial charge in [-0.05, 0) is 5.56 Å². The van der Waals surface area contributed by atoms with Crippen molar-refractivity contribution < 1.29 is 4.79 Å². The minimum atomic E-state index is -0.109. The molecule has 0 aliphatic heterocycles. The van der Waals surface area contributed by atoms with E-state index in [1.165, 1.54) is 35.2 Å². The number of amides is 1. The zero-order valence-corrected chi connectivity index (χ0v) is 15.3. The second-order valence-electron chi connectivity index (χ2n) is 4.83. The van der Waals surface area contributed by atoms with E-state index in [1.807, 2.05) is 23.6 Å². The van der Waals surface area contributed by atoms with Crippen LogP contribution in [0.2, 0.25) is 0 Å². The van der Waals surface area contributed by atoms with Crippen LogP contribution in [-0.4, -0.2) is 21.1 Å². The first-order valence-electron chi connectivity index (χ1n) is 7.15.